The largest absolute Gasteiger partial charge is 0.497 e. The van der Waals surface area contributed by atoms with Crippen LogP contribution >= 0.6 is 0 Å². The minimum Gasteiger partial charge on any atom is -0.497 e. The highest BCUT2D eigenvalue weighted by molar-refractivity contribution is 6.00. The van der Waals surface area contributed by atoms with Gasteiger partial charge in [0.1, 0.15) is 5.75 Å². The smallest absolute Gasteiger partial charge is 0.255 e. The van der Waals surface area contributed by atoms with Gasteiger partial charge in [-0.2, -0.15) is 0 Å². The number of nitrogens with zero attached hydrogens (tertiary/aromatic N) is 2. The van der Waals surface area contributed by atoms with E-state index in [1.54, 1.807) is 24.1 Å². The Hall–Kier alpha value is -3.02. The lowest BCUT2D eigenvalue weighted by molar-refractivity contribution is 0.0755. The molecular formula is C24H31N3O3. The van der Waals surface area contributed by atoms with Crippen molar-refractivity contribution >= 4 is 17.5 Å². The Balaban J connectivity index is 1.63. The first-order chi connectivity index (χ1) is 14.4. The number of carbonyl (C=O) groups is 2. The second kappa shape index (κ2) is 9.65. The van der Waals surface area contributed by atoms with Crippen LogP contribution in [0.1, 0.15) is 47.4 Å². The SMILES string of the molecule is COc1cccc(C(=O)NC2CCN(c3ccccc3C(=O)N(C)C(C)C)CC2)c1. The minimum atomic E-state index is -0.0820. The summed E-state index contributed by atoms with van der Waals surface area (Å²) < 4.78 is 5.20. The third-order valence-corrected chi connectivity index (χ3v) is 5.73. The summed E-state index contributed by atoms with van der Waals surface area (Å²) in [6, 6.07) is 15.2. The molecular weight excluding hydrogens is 378 g/mol. The van der Waals surface area contributed by atoms with Gasteiger partial charge in [-0.25, -0.2) is 0 Å². The Morgan fingerprint density at radius 3 is 2.47 bits per heavy atom. The highest BCUT2D eigenvalue weighted by Crippen LogP contribution is 2.26. The van der Waals surface area contributed by atoms with E-state index in [0.29, 0.717) is 11.3 Å². The molecule has 6 heteroatoms. The van der Waals surface area contributed by atoms with Gasteiger partial charge in [-0.05, 0) is 57.0 Å². The van der Waals surface area contributed by atoms with E-state index in [2.05, 4.69) is 10.2 Å². The van der Waals surface area contributed by atoms with Crippen LogP contribution in [0.15, 0.2) is 48.5 Å². The standard InChI is InChI=1S/C24H31N3O3/c1-17(2)26(3)24(29)21-10-5-6-11-22(21)27-14-12-19(13-15-27)25-23(28)18-8-7-9-20(16-18)30-4/h5-11,16-17,19H,12-15H2,1-4H3,(H,25,28). The second-order valence-electron chi connectivity index (χ2n) is 7.99. The fourth-order valence-electron chi connectivity index (χ4n) is 3.65. The third-order valence-electron chi connectivity index (χ3n) is 5.73. The van der Waals surface area contributed by atoms with E-state index < -0.39 is 0 Å². The van der Waals surface area contributed by atoms with E-state index in [4.69, 9.17) is 4.74 Å². The van der Waals surface area contributed by atoms with Gasteiger partial charge in [0.15, 0.2) is 0 Å². The van der Waals surface area contributed by atoms with Crippen LogP contribution in [0.4, 0.5) is 5.69 Å². The van der Waals surface area contributed by atoms with Gasteiger partial charge >= 0.3 is 0 Å². The first-order valence-corrected chi connectivity index (χ1v) is 10.5. The predicted octanol–water partition coefficient (Wildman–Crippen LogP) is 3.57. The van der Waals surface area contributed by atoms with Gasteiger partial charge in [0.25, 0.3) is 11.8 Å². The van der Waals surface area contributed by atoms with E-state index in [-0.39, 0.29) is 23.9 Å². The van der Waals surface area contributed by atoms with Crippen molar-refractivity contribution in [3.63, 3.8) is 0 Å². The Bertz CT molecular complexity index is 889. The van der Waals surface area contributed by atoms with Crippen LogP contribution < -0.4 is 15.0 Å². The normalized spacial score (nSPS) is 14.5. The topological polar surface area (TPSA) is 61.9 Å². The summed E-state index contributed by atoms with van der Waals surface area (Å²) in [5, 5.41) is 3.13. The molecule has 0 aromatic heterocycles. The molecule has 0 unspecified atom stereocenters. The number of rotatable bonds is 6. The number of nitrogens with one attached hydrogen (secondary N) is 1. The Morgan fingerprint density at radius 1 is 1.10 bits per heavy atom. The Morgan fingerprint density at radius 2 is 1.80 bits per heavy atom. The summed E-state index contributed by atoms with van der Waals surface area (Å²) in [6.45, 7) is 5.60. The van der Waals surface area contributed by atoms with Gasteiger partial charge in [-0.15, -0.1) is 0 Å². The molecule has 0 radical (unpaired) electrons. The van der Waals surface area contributed by atoms with Crippen LogP contribution in [0.2, 0.25) is 0 Å². The molecule has 1 aliphatic rings. The molecule has 2 amide bonds. The Kier molecular flexibility index (Phi) is 6.98. The number of para-hydroxylation sites is 1. The van der Waals surface area contributed by atoms with Gasteiger partial charge in [0, 0.05) is 43.5 Å². The Labute approximate surface area is 178 Å². The summed E-state index contributed by atoms with van der Waals surface area (Å²) in [7, 11) is 3.43. The number of hydrogen-bond donors (Lipinski definition) is 1. The molecule has 1 saturated heterocycles. The quantitative estimate of drug-likeness (QED) is 0.792. The van der Waals surface area contributed by atoms with Gasteiger partial charge in [-0.1, -0.05) is 18.2 Å². The van der Waals surface area contributed by atoms with E-state index in [9.17, 15) is 9.59 Å². The fraction of sp³-hybridized carbons (Fsp3) is 0.417. The van der Waals surface area contributed by atoms with E-state index in [0.717, 1.165) is 37.2 Å². The average Bonchev–Trinajstić information content (AvgIpc) is 2.78. The maximum Gasteiger partial charge on any atom is 0.255 e. The molecule has 0 atom stereocenters. The summed E-state index contributed by atoms with van der Waals surface area (Å²) in [6.07, 6.45) is 1.66. The van der Waals surface area contributed by atoms with Crippen molar-refractivity contribution in [2.75, 3.05) is 32.1 Å². The van der Waals surface area contributed by atoms with Gasteiger partial charge in [-0.3, -0.25) is 9.59 Å². The van der Waals surface area contributed by atoms with Crippen molar-refractivity contribution in [3.8, 4) is 5.75 Å². The van der Waals surface area contributed by atoms with Crippen LogP contribution in [0.5, 0.6) is 5.75 Å². The van der Waals surface area contributed by atoms with Gasteiger partial charge < -0.3 is 19.9 Å². The maximum atomic E-state index is 12.9. The molecule has 0 aliphatic carbocycles. The zero-order chi connectivity index (χ0) is 21.7. The lowest BCUT2D eigenvalue weighted by Gasteiger charge is -2.35. The van der Waals surface area contributed by atoms with Crippen LogP contribution in [0.25, 0.3) is 0 Å². The molecule has 1 fully saturated rings. The number of ether oxygens (including phenoxy) is 1. The zero-order valence-corrected chi connectivity index (χ0v) is 18.2. The molecule has 1 N–H and O–H groups in total. The molecule has 160 valence electrons. The first kappa shape index (κ1) is 21.7. The molecule has 30 heavy (non-hydrogen) atoms. The van der Waals surface area contributed by atoms with E-state index in [1.807, 2.05) is 57.3 Å². The number of hydrogen-bond acceptors (Lipinski definition) is 4. The van der Waals surface area contributed by atoms with E-state index in [1.165, 1.54) is 0 Å². The molecule has 1 aliphatic heterocycles. The van der Waals surface area contributed by atoms with Crippen molar-refractivity contribution < 1.29 is 14.3 Å². The summed E-state index contributed by atoms with van der Waals surface area (Å²) in [5.74, 6) is 0.626. The van der Waals surface area contributed by atoms with Crippen molar-refractivity contribution in [2.24, 2.45) is 0 Å². The van der Waals surface area contributed by atoms with Gasteiger partial charge in [0.2, 0.25) is 0 Å². The zero-order valence-electron chi connectivity index (χ0n) is 18.2. The van der Waals surface area contributed by atoms with Crippen LogP contribution in [0, 0.1) is 0 Å². The lowest BCUT2D eigenvalue weighted by Crippen LogP contribution is -2.45. The van der Waals surface area contributed by atoms with Crippen LogP contribution in [-0.2, 0) is 0 Å². The third kappa shape index (κ3) is 4.93. The summed E-state index contributed by atoms with van der Waals surface area (Å²) in [5.41, 5.74) is 2.30. The van der Waals surface area contributed by atoms with Crippen LogP contribution in [0.3, 0.4) is 0 Å². The van der Waals surface area contributed by atoms with Crippen molar-refractivity contribution in [1.82, 2.24) is 10.2 Å². The highest BCUT2D eigenvalue weighted by Gasteiger charge is 2.25. The number of carbonyl (C=O) groups excluding carboxylic acids is 2. The molecule has 0 saturated carbocycles. The highest BCUT2D eigenvalue weighted by atomic mass is 16.5. The molecule has 0 spiro atoms. The molecule has 3 rings (SSSR count). The molecule has 2 aromatic carbocycles. The number of anilines is 1. The monoisotopic (exact) mass is 409 g/mol. The number of amides is 2. The van der Waals surface area contributed by atoms with Crippen molar-refractivity contribution in [3.05, 3.63) is 59.7 Å². The number of benzene rings is 2. The predicted molar refractivity (Wildman–Crippen MR) is 119 cm³/mol. The first-order valence-electron chi connectivity index (χ1n) is 10.5. The molecule has 2 aromatic rings. The summed E-state index contributed by atoms with van der Waals surface area (Å²) >= 11 is 0. The summed E-state index contributed by atoms with van der Waals surface area (Å²) in [4.78, 5) is 29.5. The lowest BCUT2D eigenvalue weighted by atomic mass is 10.0. The van der Waals surface area contributed by atoms with Crippen molar-refractivity contribution in [1.29, 1.82) is 0 Å². The minimum absolute atomic E-state index is 0.0362. The second-order valence-corrected chi connectivity index (χ2v) is 7.99. The molecule has 0 bridgehead atoms. The average molecular weight is 410 g/mol. The van der Waals surface area contributed by atoms with Crippen molar-refractivity contribution in [2.45, 2.75) is 38.8 Å². The molecule has 6 nitrogen and oxygen atoms in total. The molecule has 1 heterocycles. The fourth-order valence-corrected chi connectivity index (χ4v) is 3.65. The van der Waals surface area contributed by atoms with Gasteiger partial charge in [0.05, 0.1) is 12.7 Å². The maximum absolute atomic E-state index is 12.9. The van der Waals surface area contributed by atoms with E-state index >= 15 is 0 Å². The number of methoxy groups -OCH3 is 1. The van der Waals surface area contributed by atoms with Crippen LogP contribution in [-0.4, -0.2) is 56.0 Å². The number of piperidine rings is 1.